The maximum atomic E-state index is 11.9. The van der Waals surface area contributed by atoms with E-state index in [-0.39, 0.29) is 18.1 Å². The minimum atomic E-state index is -0.558. The molecule has 21 heavy (non-hydrogen) atoms. The number of carbonyl (C=O) groups excluding carboxylic acids is 1. The lowest BCUT2D eigenvalue weighted by Crippen LogP contribution is -2.32. The number of urea groups is 1. The van der Waals surface area contributed by atoms with Crippen molar-refractivity contribution in [2.24, 2.45) is 0 Å². The predicted octanol–water partition coefficient (Wildman–Crippen LogP) is 2.50. The van der Waals surface area contributed by atoms with Gasteiger partial charge < -0.3 is 20.5 Å². The van der Waals surface area contributed by atoms with Crippen molar-refractivity contribution in [2.75, 3.05) is 25.6 Å². The summed E-state index contributed by atoms with van der Waals surface area (Å²) in [6, 6.07) is 7.49. The Morgan fingerprint density at radius 2 is 2.00 bits per heavy atom. The average molecular weight is 294 g/mol. The van der Waals surface area contributed by atoms with Crippen molar-refractivity contribution >= 4 is 11.7 Å². The van der Waals surface area contributed by atoms with Crippen LogP contribution in [-0.4, -0.2) is 37.5 Å². The lowest BCUT2D eigenvalue weighted by molar-refractivity contribution is 0.0599. The zero-order valence-electron chi connectivity index (χ0n) is 13.3. The summed E-state index contributed by atoms with van der Waals surface area (Å²) in [7, 11) is 1.53. The van der Waals surface area contributed by atoms with E-state index in [1.807, 2.05) is 24.3 Å². The summed E-state index contributed by atoms with van der Waals surface area (Å²) in [5.74, 6) is 0. The minimum absolute atomic E-state index is 0.0431. The number of methoxy groups -OCH3 is 1. The van der Waals surface area contributed by atoms with Crippen LogP contribution in [0.2, 0.25) is 0 Å². The van der Waals surface area contributed by atoms with Crippen molar-refractivity contribution in [3.8, 4) is 0 Å². The van der Waals surface area contributed by atoms with Crippen molar-refractivity contribution in [3.05, 3.63) is 29.8 Å². The first-order valence-electron chi connectivity index (χ1n) is 7.16. The van der Waals surface area contributed by atoms with E-state index in [9.17, 15) is 9.90 Å². The van der Waals surface area contributed by atoms with Crippen LogP contribution in [0.1, 0.15) is 32.8 Å². The Morgan fingerprint density at radius 1 is 1.33 bits per heavy atom. The highest BCUT2D eigenvalue weighted by atomic mass is 16.5. The molecule has 0 aliphatic carbocycles. The van der Waals surface area contributed by atoms with E-state index < -0.39 is 6.10 Å². The van der Waals surface area contributed by atoms with E-state index in [1.165, 1.54) is 7.11 Å². The van der Waals surface area contributed by atoms with Crippen LogP contribution in [0.4, 0.5) is 10.5 Å². The first-order chi connectivity index (χ1) is 9.84. The van der Waals surface area contributed by atoms with Gasteiger partial charge in [0.25, 0.3) is 0 Å². The number of nitrogens with one attached hydrogen (secondary N) is 2. The third kappa shape index (κ3) is 6.14. The molecule has 1 unspecified atom stereocenters. The van der Waals surface area contributed by atoms with Crippen LogP contribution >= 0.6 is 0 Å². The van der Waals surface area contributed by atoms with Gasteiger partial charge in [0.2, 0.25) is 0 Å². The number of rotatable bonds is 6. The number of aliphatic hydroxyl groups is 1. The Bertz CT molecular complexity index is 455. The first kappa shape index (κ1) is 17.5. The van der Waals surface area contributed by atoms with Gasteiger partial charge in [-0.2, -0.15) is 0 Å². The molecule has 0 saturated heterocycles. The molecule has 1 aromatic carbocycles. The summed E-state index contributed by atoms with van der Waals surface area (Å²) in [5.41, 5.74) is 1.85. The van der Waals surface area contributed by atoms with Crippen molar-refractivity contribution in [1.29, 1.82) is 0 Å². The molecule has 0 aromatic heterocycles. The third-order valence-corrected chi connectivity index (χ3v) is 3.11. The Labute approximate surface area is 126 Å². The van der Waals surface area contributed by atoms with E-state index in [1.54, 1.807) is 0 Å². The fourth-order valence-corrected chi connectivity index (χ4v) is 2.04. The van der Waals surface area contributed by atoms with E-state index in [0.717, 1.165) is 11.3 Å². The molecule has 0 aliphatic heterocycles. The topological polar surface area (TPSA) is 70.6 Å². The first-order valence-corrected chi connectivity index (χ1v) is 7.16. The van der Waals surface area contributed by atoms with Crippen molar-refractivity contribution < 1.29 is 14.6 Å². The molecule has 5 heteroatoms. The molecule has 1 rings (SSSR count). The molecule has 1 aromatic rings. The molecule has 0 aliphatic rings. The summed E-state index contributed by atoms with van der Waals surface area (Å²) in [6.45, 7) is 6.98. The maximum Gasteiger partial charge on any atom is 0.319 e. The Balaban J connectivity index is 2.52. The molecule has 0 heterocycles. The van der Waals surface area contributed by atoms with Crippen LogP contribution in [0.5, 0.6) is 0 Å². The summed E-state index contributed by atoms with van der Waals surface area (Å²) in [4.78, 5) is 11.9. The van der Waals surface area contributed by atoms with Gasteiger partial charge in [-0.1, -0.05) is 39.0 Å². The number of ether oxygens (including phenoxy) is 1. The van der Waals surface area contributed by atoms with Crippen molar-refractivity contribution in [1.82, 2.24) is 5.32 Å². The van der Waals surface area contributed by atoms with Gasteiger partial charge in [-0.05, 0) is 23.5 Å². The lowest BCUT2D eigenvalue weighted by atomic mass is 9.86. The molecule has 0 saturated carbocycles. The van der Waals surface area contributed by atoms with Crippen LogP contribution in [-0.2, 0) is 10.2 Å². The summed E-state index contributed by atoms with van der Waals surface area (Å²) in [5, 5.41) is 15.1. The molecule has 1 atom stereocenters. The molecule has 2 amide bonds. The van der Waals surface area contributed by atoms with Gasteiger partial charge in [-0.25, -0.2) is 4.79 Å². The van der Waals surface area contributed by atoms with Gasteiger partial charge in [0.05, 0.1) is 12.7 Å². The van der Waals surface area contributed by atoms with Crippen molar-refractivity contribution in [3.63, 3.8) is 0 Å². The Kier molecular flexibility index (Phi) is 6.65. The van der Waals surface area contributed by atoms with Crippen LogP contribution in [0.15, 0.2) is 24.3 Å². The normalized spacial score (nSPS) is 12.8. The van der Waals surface area contributed by atoms with E-state index in [4.69, 9.17) is 4.74 Å². The number of hydrogen-bond donors (Lipinski definition) is 3. The molecule has 0 spiro atoms. The summed E-state index contributed by atoms with van der Waals surface area (Å²) < 4.78 is 4.83. The van der Waals surface area contributed by atoms with E-state index in [0.29, 0.717) is 13.0 Å². The van der Waals surface area contributed by atoms with Gasteiger partial charge in [-0.3, -0.25) is 0 Å². The fraction of sp³-hybridized carbons (Fsp3) is 0.562. The third-order valence-electron chi connectivity index (χ3n) is 3.11. The molecule has 118 valence electrons. The molecule has 3 N–H and O–H groups in total. The van der Waals surface area contributed by atoms with Gasteiger partial charge in [0.15, 0.2) is 0 Å². The van der Waals surface area contributed by atoms with Crippen LogP contribution in [0.3, 0.4) is 0 Å². The molecular formula is C16H26N2O3. The highest BCUT2D eigenvalue weighted by Gasteiger charge is 2.18. The minimum Gasteiger partial charge on any atom is -0.391 e. The molecule has 0 radical (unpaired) electrons. The van der Waals surface area contributed by atoms with Crippen molar-refractivity contribution in [2.45, 2.75) is 38.7 Å². The number of amides is 2. The fourth-order valence-electron chi connectivity index (χ4n) is 2.04. The molecule has 0 fully saturated rings. The lowest BCUT2D eigenvalue weighted by Gasteiger charge is -2.23. The van der Waals surface area contributed by atoms with Crippen LogP contribution in [0, 0.1) is 0 Å². The van der Waals surface area contributed by atoms with Gasteiger partial charge in [-0.15, -0.1) is 0 Å². The largest absolute Gasteiger partial charge is 0.391 e. The van der Waals surface area contributed by atoms with E-state index >= 15 is 0 Å². The second-order valence-corrected chi connectivity index (χ2v) is 6.07. The smallest absolute Gasteiger partial charge is 0.319 e. The quantitative estimate of drug-likeness (QED) is 0.755. The van der Waals surface area contributed by atoms with Crippen LogP contribution < -0.4 is 10.6 Å². The molecular weight excluding hydrogens is 268 g/mol. The second kappa shape index (κ2) is 8.00. The monoisotopic (exact) mass is 294 g/mol. The van der Waals surface area contributed by atoms with Gasteiger partial charge in [0.1, 0.15) is 0 Å². The van der Waals surface area contributed by atoms with Gasteiger partial charge >= 0.3 is 6.03 Å². The maximum absolute atomic E-state index is 11.9. The Hall–Kier alpha value is -1.59. The zero-order valence-corrected chi connectivity index (χ0v) is 13.3. The molecule has 5 nitrogen and oxygen atoms in total. The Morgan fingerprint density at radius 3 is 2.62 bits per heavy atom. The number of carbonyl (C=O) groups is 1. The second-order valence-electron chi connectivity index (χ2n) is 6.07. The standard InChI is InChI=1S/C16H26N2O3/c1-16(2,3)13-7-5-6-8-14(13)18-15(20)17-10-9-12(19)11-21-4/h5-8,12,19H,9-11H2,1-4H3,(H2,17,18,20). The molecule has 0 bridgehead atoms. The number of aliphatic hydroxyl groups excluding tert-OH is 1. The summed E-state index contributed by atoms with van der Waals surface area (Å²) in [6.07, 6.45) is -0.0977. The number of benzene rings is 1. The average Bonchev–Trinajstić information content (AvgIpc) is 2.38. The highest BCUT2D eigenvalue weighted by molar-refractivity contribution is 5.90. The number of hydrogen-bond acceptors (Lipinski definition) is 3. The van der Waals surface area contributed by atoms with E-state index in [2.05, 4.69) is 31.4 Å². The zero-order chi connectivity index (χ0) is 15.9. The number of para-hydroxylation sites is 1. The van der Waals surface area contributed by atoms with Gasteiger partial charge in [0, 0.05) is 19.3 Å². The SMILES string of the molecule is COCC(O)CCNC(=O)Nc1ccccc1C(C)(C)C. The number of anilines is 1. The summed E-state index contributed by atoms with van der Waals surface area (Å²) >= 11 is 0. The highest BCUT2D eigenvalue weighted by Crippen LogP contribution is 2.29. The van der Waals surface area contributed by atoms with Crippen LogP contribution in [0.25, 0.3) is 0 Å². The predicted molar refractivity (Wildman–Crippen MR) is 84.7 cm³/mol.